The van der Waals surface area contributed by atoms with Gasteiger partial charge in [0.2, 0.25) is 0 Å². The molecule has 0 radical (unpaired) electrons. The fourth-order valence-corrected chi connectivity index (χ4v) is 1.56. The molecule has 0 N–H and O–H groups in total. The first-order chi connectivity index (χ1) is 7.41. The molecule has 1 heterocycles. The lowest BCUT2D eigenvalue weighted by Crippen LogP contribution is -1.80. The van der Waals surface area contributed by atoms with Crippen LogP contribution in [0, 0.1) is 0 Å². The van der Waals surface area contributed by atoms with E-state index in [2.05, 4.69) is 18.6 Å². The third-order valence-electron chi connectivity index (χ3n) is 2.66. The minimum atomic E-state index is 1.00. The minimum Gasteiger partial charge on any atom is -0.377 e. The molecule has 0 saturated carbocycles. The van der Waals surface area contributed by atoms with Gasteiger partial charge in [-0.3, -0.25) is 0 Å². The Morgan fingerprint density at radius 3 is 1.07 bits per heavy atom. The van der Waals surface area contributed by atoms with Crippen LogP contribution in [0.5, 0.6) is 0 Å². The highest BCUT2D eigenvalue weighted by Crippen LogP contribution is 2.09. The Morgan fingerprint density at radius 2 is 0.867 bits per heavy atom. The maximum atomic E-state index is 4.50. The molecule has 0 atom stereocenters. The van der Waals surface area contributed by atoms with Crippen LogP contribution in [0.15, 0.2) is 0 Å². The van der Waals surface area contributed by atoms with Gasteiger partial charge < -0.3 is 4.74 Å². The Bertz CT molecular complexity index is 86.8. The summed E-state index contributed by atoms with van der Waals surface area (Å²) in [6, 6.07) is 0. The van der Waals surface area contributed by atoms with Gasteiger partial charge in [0.25, 0.3) is 0 Å². The average molecular weight is 214 g/mol. The summed E-state index contributed by atoms with van der Waals surface area (Å²) in [5.41, 5.74) is 0. The Morgan fingerprint density at radius 1 is 0.600 bits per heavy atom. The lowest BCUT2D eigenvalue weighted by atomic mass is 10.1. The molecule has 0 aromatic carbocycles. The van der Waals surface area contributed by atoms with E-state index in [0.29, 0.717) is 0 Å². The van der Waals surface area contributed by atoms with Gasteiger partial charge >= 0.3 is 0 Å². The average Bonchev–Trinajstić information content (AvgIpc) is 3.09. The number of rotatable bonds is 9. The molecule has 0 unspecified atom stereocenters. The van der Waals surface area contributed by atoms with Crippen molar-refractivity contribution in [2.24, 2.45) is 0 Å². The molecule has 1 saturated heterocycles. The van der Waals surface area contributed by atoms with Crippen molar-refractivity contribution < 1.29 is 4.74 Å². The van der Waals surface area contributed by atoms with Gasteiger partial charge in [0.05, 0.1) is 13.2 Å². The van der Waals surface area contributed by atoms with Gasteiger partial charge in [0, 0.05) is 0 Å². The topological polar surface area (TPSA) is 12.5 Å². The number of ether oxygens (including phenoxy) is 1. The molecule has 0 aromatic rings. The van der Waals surface area contributed by atoms with Crippen molar-refractivity contribution in [2.45, 2.75) is 78.1 Å². The van der Waals surface area contributed by atoms with Gasteiger partial charge in [-0.15, -0.1) is 0 Å². The molecule has 0 spiro atoms. The highest BCUT2D eigenvalue weighted by atomic mass is 16.6. The van der Waals surface area contributed by atoms with Gasteiger partial charge in [0.15, 0.2) is 0 Å². The molecule has 1 nitrogen and oxygen atoms in total. The number of unbranched alkanes of at least 4 members (excludes halogenated alkanes) is 9. The maximum Gasteiger partial charge on any atom is 0.0701 e. The number of hydrogen-bond acceptors (Lipinski definition) is 1. The van der Waals surface area contributed by atoms with Gasteiger partial charge in [-0.1, -0.05) is 78.1 Å². The summed E-state index contributed by atoms with van der Waals surface area (Å²) in [7, 11) is 0. The lowest BCUT2D eigenvalue weighted by molar-refractivity contribution is 0.475. The Labute approximate surface area is 96.6 Å². The van der Waals surface area contributed by atoms with Crippen molar-refractivity contribution in [3.63, 3.8) is 0 Å². The summed E-state index contributed by atoms with van der Waals surface area (Å²) >= 11 is 0. The second-order valence-electron chi connectivity index (χ2n) is 4.44. The van der Waals surface area contributed by atoms with Crippen LogP contribution in [0.4, 0.5) is 0 Å². The normalized spacial score (nSPS) is 13.2. The van der Waals surface area contributed by atoms with Crippen molar-refractivity contribution in [1.82, 2.24) is 0 Å². The van der Waals surface area contributed by atoms with Crippen LogP contribution < -0.4 is 0 Å². The van der Waals surface area contributed by atoms with Crippen LogP contribution in [0.3, 0.4) is 0 Å². The molecule has 0 bridgehead atoms. The predicted octanol–water partition coefficient (Wildman–Crippen LogP) is 4.94. The van der Waals surface area contributed by atoms with Crippen molar-refractivity contribution in [3.8, 4) is 0 Å². The first-order valence-electron chi connectivity index (χ1n) is 6.99. The van der Waals surface area contributed by atoms with E-state index < -0.39 is 0 Å². The van der Waals surface area contributed by atoms with E-state index in [1.807, 2.05) is 0 Å². The predicted molar refractivity (Wildman–Crippen MR) is 68.3 cm³/mol. The van der Waals surface area contributed by atoms with Crippen molar-refractivity contribution in [3.05, 3.63) is 0 Å². The van der Waals surface area contributed by atoms with Crippen molar-refractivity contribution in [1.29, 1.82) is 0 Å². The van der Waals surface area contributed by atoms with Crippen LogP contribution in [-0.2, 0) is 4.74 Å². The second-order valence-corrected chi connectivity index (χ2v) is 4.44. The first kappa shape index (κ1) is 15.0. The minimum absolute atomic E-state index is 1.00. The second kappa shape index (κ2) is 14.0. The largest absolute Gasteiger partial charge is 0.377 e. The molecule has 1 heteroatoms. The molecule has 1 aliphatic rings. The molecular formula is C14H30O. The van der Waals surface area contributed by atoms with Gasteiger partial charge in [0.1, 0.15) is 0 Å². The van der Waals surface area contributed by atoms with E-state index in [1.165, 1.54) is 64.2 Å². The van der Waals surface area contributed by atoms with E-state index in [-0.39, 0.29) is 0 Å². The summed E-state index contributed by atoms with van der Waals surface area (Å²) < 4.78 is 4.50. The summed E-state index contributed by atoms with van der Waals surface area (Å²) in [6.07, 6.45) is 14.4. The molecular weight excluding hydrogens is 184 g/mol. The van der Waals surface area contributed by atoms with E-state index in [4.69, 9.17) is 0 Å². The summed E-state index contributed by atoms with van der Waals surface area (Å²) in [5.74, 6) is 0. The fraction of sp³-hybridized carbons (Fsp3) is 1.00. The zero-order valence-corrected chi connectivity index (χ0v) is 10.9. The third kappa shape index (κ3) is 20.1. The van der Waals surface area contributed by atoms with Crippen LogP contribution in [-0.4, -0.2) is 13.2 Å². The molecule has 0 aliphatic carbocycles. The fourth-order valence-electron chi connectivity index (χ4n) is 1.56. The first-order valence-corrected chi connectivity index (χ1v) is 6.99. The van der Waals surface area contributed by atoms with Crippen molar-refractivity contribution >= 4 is 0 Å². The quantitative estimate of drug-likeness (QED) is 0.391. The van der Waals surface area contributed by atoms with Gasteiger partial charge in [-0.05, 0) is 0 Å². The highest BCUT2D eigenvalue weighted by molar-refractivity contribution is 4.45. The Kier molecular flexibility index (Phi) is 13.9. The van der Waals surface area contributed by atoms with Crippen LogP contribution >= 0.6 is 0 Å². The summed E-state index contributed by atoms with van der Waals surface area (Å²) in [4.78, 5) is 0. The highest BCUT2D eigenvalue weighted by Gasteiger charge is 1.94. The molecule has 1 rings (SSSR count). The van der Waals surface area contributed by atoms with E-state index >= 15 is 0 Å². The molecule has 15 heavy (non-hydrogen) atoms. The maximum absolute atomic E-state index is 4.50. The molecule has 1 aliphatic heterocycles. The standard InChI is InChI=1S/C12H26.C2H4O/c1-3-5-7-9-11-12-10-8-6-4-2;1-2-3-1/h3-12H2,1-2H3;1-2H2. The van der Waals surface area contributed by atoms with E-state index in [0.717, 1.165) is 13.2 Å². The smallest absolute Gasteiger partial charge is 0.0701 e. The van der Waals surface area contributed by atoms with Crippen LogP contribution in [0.2, 0.25) is 0 Å². The van der Waals surface area contributed by atoms with Crippen molar-refractivity contribution in [2.75, 3.05) is 13.2 Å². The molecule has 0 amide bonds. The number of epoxide rings is 1. The third-order valence-corrected chi connectivity index (χ3v) is 2.66. The zero-order valence-electron chi connectivity index (χ0n) is 10.9. The summed E-state index contributed by atoms with van der Waals surface area (Å²) in [6.45, 7) is 6.56. The molecule has 92 valence electrons. The van der Waals surface area contributed by atoms with Gasteiger partial charge in [-0.25, -0.2) is 0 Å². The van der Waals surface area contributed by atoms with E-state index in [1.54, 1.807) is 0 Å². The Hall–Kier alpha value is -0.0400. The number of hydrogen-bond donors (Lipinski definition) is 0. The zero-order chi connectivity index (χ0) is 11.2. The molecule has 0 aromatic heterocycles. The summed E-state index contributed by atoms with van der Waals surface area (Å²) in [5, 5.41) is 0. The SMILES string of the molecule is C1CO1.CCCCCCCCCCCC. The lowest BCUT2D eigenvalue weighted by Gasteiger charge is -1.99. The van der Waals surface area contributed by atoms with Crippen LogP contribution in [0.25, 0.3) is 0 Å². The monoisotopic (exact) mass is 214 g/mol. The Balaban J connectivity index is 0.000000548. The van der Waals surface area contributed by atoms with Crippen LogP contribution in [0.1, 0.15) is 78.1 Å². The van der Waals surface area contributed by atoms with E-state index in [9.17, 15) is 0 Å². The van der Waals surface area contributed by atoms with Gasteiger partial charge in [-0.2, -0.15) is 0 Å². The molecule has 1 fully saturated rings.